The Morgan fingerprint density at radius 2 is 1.67 bits per heavy atom. The zero-order chi connectivity index (χ0) is 36.5. The number of hydrogen-bond acceptors (Lipinski definition) is 9. The molecule has 0 aliphatic heterocycles. The third-order valence-corrected chi connectivity index (χ3v) is 9.79. The molecule has 14 heteroatoms. The van der Waals surface area contributed by atoms with Gasteiger partial charge in [0, 0.05) is 41.4 Å². The van der Waals surface area contributed by atoms with E-state index >= 15 is 0 Å². The second-order valence-corrected chi connectivity index (χ2v) is 13.5. The van der Waals surface area contributed by atoms with Crippen LogP contribution in [0.3, 0.4) is 0 Å². The van der Waals surface area contributed by atoms with E-state index in [1.54, 1.807) is 7.11 Å². The molecule has 2 aromatic carbocycles. The number of halogens is 4. The van der Waals surface area contributed by atoms with Crippen LogP contribution in [0, 0.1) is 0 Å². The topological polar surface area (TPSA) is 138 Å². The molecule has 2 aliphatic rings. The van der Waals surface area contributed by atoms with Crippen molar-refractivity contribution >= 4 is 23.4 Å². The number of hydrogen-bond donors (Lipinski definition) is 5. The highest BCUT2D eigenvalue weighted by Gasteiger charge is 2.39. The zero-order valence-corrected chi connectivity index (χ0v) is 29.1. The molecule has 1 saturated carbocycles. The number of anilines is 1. The van der Waals surface area contributed by atoms with Crippen molar-refractivity contribution in [2.24, 2.45) is 0 Å². The Labute approximate surface area is 298 Å². The molecule has 2 aliphatic carbocycles. The molecule has 51 heavy (non-hydrogen) atoms. The van der Waals surface area contributed by atoms with Crippen molar-refractivity contribution in [2.75, 3.05) is 26.1 Å². The van der Waals surface area contributed by atoms with E-state index in [1.807, 2.05) is 55.5 Å². The van der Waals surface area contributed by atoms with E-state index in [4.69, 9.17) is 31.2 Å². The van der Waals surface area contributed by atoms with E-state index in [2.05, 4.69) is 20.9 Å². The monoisotopic (exact) mass is 725 g/mol. The number of carboxylic acids is 1. The van der Waals surface area contributed by atoms with Gasteiger partial charge in [-0.15, -0.1) is 0 Å². The number of methoxy groups -OCH3 is 2. The summed E-state index contributed by atoms with van der Waals surface area (Å²) in [4.78, 5) is 19.9. The first-order chi connectivity index (χ1) is 24.3. The molecule has 1 atom stereocenters. The highest BCUT2D eigenvalue weighted by Crippen LogP contribution is 2.45. The second-order valence-electron chi connectivity index (χ2n) is 13.2. The van der Waals surface area contributed by atoms with E-state index in [0.29, 0.717) is 54.4 Å². The fraction of sp³-hybridized carbons (Fsp3) is 0.378. The number of nitrogens with zero attached hydrogens (tertiary/aromatic N) is 2. The number of aromatic nitrogens is 2. The molecule has 10 nitrogen and oxygen atoms in total. The van der Waals surface area contributed by atoms with Crippen LogP contribution in [0.4, 0.5) is 19.0 Å². The van der Waals surface area contributed by atoms with Gasteiger partial charge in [-0.05, 0) is 61.4 Å². The van der Waals surface area contributed by atoms with E-state index in [1.165, 1.54) is 7.11 Å². The van der Waals surface area contributed by atoms with Gasteiger partial charge in [-0.25, -0.2) is 4.98 Å². The molecule has 0 bridgehead atoms. The molecule has 5 N–H and O–H groups in total. The van der Waals surface area contributed by atoms with E-state index < -0.39 is 35.9 Å². The van der Waals surface area contributed by atoms with Crippen LogP contribution in [0.2, 0.25) is 5.02 Å². The van der Waals surface area contributed by atoms with Crippen molar-refractivity contribution in [3.8, 4) is 34.1 Å². The minimum atomic E-state index is -4.73. The van der Waals surface area contributed by atoms with E-state index in [0.717, 1.165) is 33.9 Å². The molecule has 270 valence electrons. The summed E-state index contributed by atoms with van der Waals surface area (Å²) >= 11 is 7.09. The van der Waals surface area contributed by atoms with Crippen LogP contribution in [0.15, 0.2) is 54.6 Å². The van der Waals surface area contributed by atoms with Gasteiger partial charge in [-0.1, -0.05) is 54.1 Å². The number of aliphatic hydroxyl groups is 1. The lowest BCUT2D eigenvalue weighted by molar-refractivity contribution is -0.137. The first-order valence-corrected chi connectivity index (χ1v) is 16.9. The van der Waals surface area contributed by atoms with Gasteiger partial charge in [0.2, 0.25) is 11.8 Å². The number of alkyl halides is 3. The largest absolute Gasteiger partial charge is 0.481 e. The first kappa shape index (κ1) is 36.4. The standard InChI is InChI=1S/C37H39ClF3N5O5/c1-36(49)15-22(16-36)43-18-20-10-12-30(45-34(20)50-2)27-9-5-8-26(32(27)38)23-6-4-7-25-24(23)11-13-29(25)44-33-28(37(39,40)41)14-21(35(46-33)51-3)17-42-19-31(47)48/h4-10,12,14,22,29,42-43,49H,11,13,15-19H2,1-3H3,(H,44,46)(H,47,48)/t22?,29-,36?/m0/s1. The molecule has 0 radical (unpaired) electrons. The summed E-state index contributed by atoms with van der Waals surface area (Å²) in [7, 11) is 2.87. The fourth-order valence-corrected chi connectivity index (χ4v) is 7.29. The Kier molecular flexibility index (Phi) is 10.5. The summed E-state index contributed by atoms with van der Waals surface area (Å²) in [5.74, 6) is -1.08. The Balaban J connectivity index is 1.26. The van der Waals surface area contributed by atoms with Crippen molar-refractivity contribution < 1.29 is 37.7 Å². The van der Waals surface area contributed by atoms with Crippen LogP contribution >= 0.6 is 11.6 Å². The van der Waals surface area contributed by atoms with E-state index in [-0.39, 0.29) is 29.8 Å². The molecule has 2 aromatic heterocycles. The molecule has 0 unspecified atom stereocenters. The van der Waals surface area contributed by atoms with Crippen molar-refractivity contribution in [2.45, 2.75) is 69.6 Å². The quantitative estimate of drug-likeness (QED) is 0.100. The SMILES string of the molecule is COc1nc(-c2cccc(-c3cccc4c3CC[C@@H]4Nc3nc(OC)c(CNCC(=O)O)cc3C(F)(F)F)c2Cl)ccc1CNC1CC(C)(O)C1. The highest BCUT2D eigenvalue weighted by atomic mass is 35.5. The number of benzene rings is 2. The second kappa shape index (κ2) is 14.7. The Hall–Kier alpha value is -4.43. The minimum Gasteiger partial charge on any atom is -0.481 e. The van der Waals surface area contributed by atoms with Crippen LogP contribution < -0.4 is 25.4 Å². The average Bonchev–Trinajstić information content (AvgIpc) is 3.49. The van der Waals surface area contributed by atoms with Gasteiger partial charge in [0.05, 0.1) is 48.7 Å². The van der Waals surface area contributed by atoms with Crippen LogP contribution in [0.5, 0.6) is 11.8 Å². The van der Waals surface area contributed by atoms with Crippen molar-refractivity contribution in [1.82, 2.24) is 20.6 Å². The fourth-order valence-electron chi connectivity index (χ4n) is 6.96. The van der Waals surface area contributed by atoms with Crippen molar-refractivity contribution in [3.05, 3.63) is 87.4 Å². The van der Waals surface area contributed by atoms with Gasteiger partial charge in [0.25, 0.3) is 0 Å². The van der Waals surface area contributed by atoms with Gasteiger partial charge >= 0.3 is 12.1 Å². The molecule has 0 spiro atoms. The molecule has 6 rings (SSSR count). The molecule has 0 saturated heterocycles. The third-order valence-electron chi connectivity index (χ3n) is 9.38. The minimum absolute atomic E-state index is 0.0406. The summed E-state index contributed by atoms with van der Waals surface area (Å²) < 4.78 is 53.8. The zero-order valence-electron chi connectivity index (χ0n) is 28.3. The highest BCUT2D eigenvalue weighted by molar-refractivity contribution is 6.36. The lowest BCUT2D eigenvalue weighted by Crippen LogP contribution is -2.51. The van der Waals surface area contributed by atoms with Gasteiger partial charge < -0.3 is 35.6 Å². The molecular weight excluding hydrogens is 687 g/mol. The lowest BCUT2D eigenvalue weighted by atomic mass is 9.77. The van der Waals surface area contributed by atoms with Crippen LogP contribution in [-0.4, -0.2) is 58.6 Å². The number of ether oxygens (including phenoxy) is 2. The van der Waals surface area contributed by atoms with Gasteiger partial charge in [0.1, 0.15) is 5.82 Å². The third kappa shape index (κ3) is 7.91. The lowest BCUT2D eigenvalue weighted by Gasteiger charge is -2.41. The molecular formula is C37H39ClF3N5O5. The number of rotatable bonds is 13. The maximum atomic E-state index is 14.3. The number of nitrogens with one attached hydrogen (secondary N) is 3. The average molecular weight is 726 g/mol. The number of fused-ring (bicyclic) bond motifs is 1. The summed E-state index contributed by atoms with van der Waals surface area (Å²) in [5.41, 5.74) is 4.13. The first-order valence-electron chi connectivity index (χ1n) is 16.5. The van der Waals surface area contributed by atoms with Crippen LogP contribution in [0.25, 0.3) is 22.4 Å². The summed E-state index contributed by atoms with van der Waals surface area (Å²) in [6.07, 6.45) is -2.26. The molecule has 4 aromatic rings. The smallest absolute Gasteiger partial charge is 0.419 e. The Morgan fingerprint density at radius 3 is 2.35 bits per heavy atom. The summed E-state index contributed by atoms with van der Waals surface area (Å²) in [5, 5.41) is 28.5. The molecule has 0 amide bonds. The van der Waals surface area contributed by atoms with Crippen LogP contribution in [0.1, 0.15) is 60.0 Å². The maximum Gasteiger partial charge on any atom is 0.419 e. The molecule has 2 heterocycles. The van der Waals surface area contributed by atoms with Crippen LogP contribution in [-0.2, 0) is 30.5 Å². The predicted molar refractivity (Wildman–Crippen MR) is 187 cm³/mol. The number of carboxylic acid groups (broad SMARTS) is 1. The number of carbonyl (C=O) groups is 1. The van der Waals surface area contributed by atoms with Gasteiger partial charge in [-0.2, -0.15) is 18.2 Å². The number of aliphatic carboxylic acids is 1. The Bertz CT molecular complexity index is 1930. The van der Waals surface area contributed by atoms with Crippen molar-refractivity contribution in [3.63, 3.8) is 0 Å². The molecule has 1 fully saturated rings. The van der Waals surface area contributed by atoms with Crippen molar-refractivity contribution in [1.29, 1.82) is 0 Å². The number of pyridine rings is 2. The predicted octanol–water partition coefficient (Wildman–Crippen LogP) is 6.78. The Morgan fingerprint density at radius 1 is 0.980 bits per heavy atom. The van der Waals surface area contributed by atoms with Gasteiger partial charge in [0.15, 0.2) is 0 Å². The maximum absolute atomic E-state index is 14.3. The summed E-state index contributed by atoms with van der Waals surface area (Å²) in [6.45, 7) is 1.77. The normalized spacial score (nSPS) is 19.7. The van der Waals surface area contributed by atoms with Gasteiger partial charge in [-0.3, -0.25) is 4.79 Å². The van der Waals surface area contributed by atoms with E-state index in [9.17, 15) is 23.1 Å². The summed E-state index contributed by atoms with van der Waals surface area (Å²) in [6, 6.07) is 15.9.